The molecule has 11 nitrogen and oxygen atoms in total. The Kier molecular flexibility index (Phi) is 5.83. The molecule has 2 rings (SSSR count). The van der Waals surface area contributed by atoms with Gasteiger partial charge in [0.2, 0.25) is 5.91 Å². The highest BCUT2D eigenvalue weighted by Gasteiger charge is 2.18. The summed E-state index contributed by atoms with van der Waals surface area (Å²) in [6.45, 7) is -0.0825. The molecule has 0 radical (unpaired) electrons. The Labute approximate surface area is 147 Å². The number of aromatic nitrogens is 2. The fourth-order valence-electron chi connectivity index (χ4n) is 2.19. The van der Waals surface area contributed by atoms with E-state index in [1.165, 1.54) is 26.4 Å². The van der Waals surface area contributed by atoms with Crippen molar-refractivity contribution in [2.75, 3.05) is 14.2 Å². The van der Waals surface area contributed by atoms with Crippen LogP contribution in [0, 0.1) is 10.1 Å². The van der Waals surface area contributed by atoms with E-state index in [1.807, 2.05) is 0 Å². The number of ether oxygens (including phenoxy) is 2. The third kappa shape index (κ3) is 4.32. The number of rotatable bonds is 8. The van der Waals surface area contributed by atoms with E-state index in [0.29, 0.717) is 11.1 Å². The van der Waals surface area contributed by atoms with Crippen molar-refractivity contribution < 1.29 is 29.1 Å². The largest absolute Gasteiger partial charge is 0.481 e. The van der Waals surface area contributed by atoms with Gasteiger partial charge in [0.1, 0.15) is 5.52 Å². The molecule has 0 aliphatic carbocycles. The summed E-state index contributed by atoms with van der Waals surface area (Å²) < 4.78 is 10.1. The van der Waals surface area contributed by atoms with E-state index in [2.05, 4.69) is 15.3 Å². The molecule has 0 bridgehead atoms. The molecule has 0 saturated carbocycles. The van der Waals surface area contributed by atoms with Crippen molar-refractivity contribution >= 4 is 28.6 Å². The lowest BCUT2D eigenvalue weighted by Gasteiger charge is -2.11. The van der Waals surface area contributed by atoms with Gasteiger partial charge in [-0.2, -0.15) is 0 Å². The quantitative estimate of drug-likeness (QED) is 0.516. The Balaban J connectivity index is 2.40. The van der Waals surface area contributed by atoms with Crippen molar-refractivity contribution in [3.8, 4) is 11.8 Å². The number of nitro benzene ring substituents is 1. The first-order valence-electron chi connectivity index (χ1n) is 7.41. The van der Waals surface area contributed by atoms with Gasteiger partial charge in [-0.05, 0) is 0 Å². The molecule has 0 fully saturated rings. The van der Waals surface area contributed by atoms with Crippen LogP contribution in [0.1, 0.15) is 18.4 Å². The number of nitro groups is 1. The van der Waals surface area contributed by atoms with Gasteiger partial charge in [0.15, 0.2) is 0 Å². The molecule has 0 spiro atoms. The third-order valence-electron chi connectivity index (χ3n) is 3.41. The Morgan fingerprint density at radius 3 is 2.42 bits per heavy atom. The molecule has 0 atom stereocenters. The summed E-state index contributed by atoms with van der Waals surface area (Å²) in [4.78, 5) is 41.2. The first-order chi connectivity index (χ1) is 12.3. The van der Waals surface area contributed by atoms with E-state index < -0.39 is 16.8 Å². The van der Waals surface area contributed by atoms with Crippen molar-refractivity contribution in [2.45, 2.75) is 19.4 Å². The molecule has 1 aromatic carbocycles. The van der Waals surface area contributed by atoms with Crippen molar-refractivity contribution in [3.63, 3.8) is 0 Å². The van der Waals surface area contributed by atoms with Gasteiger partial charge in [-0.3, -0.25) is 19.7 Å². The van der Waals surface area contributed by atoms with E-state index >= 15 is 0 Å². The molecule has 138 valence electrons. The number of carboxylic acid groups (broad SMARTS) is 1. The minimum Gasteiger partial charge on any atom is -0.481 e. The van der Waals surface area contributed by atoms with Crippen molar-refractivity contribution in [3.05, 3.63) is 27.8 Å². The number of hydrogen-bond acceptors (Lipinski definition) is 8. The Bertz CT molecular complexity index is 869. The van der Waals surface area contributed by atoms with Crippen LogP contribution in [0.5, 0.6) is 11.8 Å². The first kappa shape index (κ1) is 18.8. The topological polar surface area (TPSA) is 154 Å². The van der Waals surface area contributed by atoms with Crippen LogP contribution in [0.25, 0.3) is 11.0 Å². The Morgan fingerprint density at radius 1 is 1.19 bits per heavy atom. The van der Waals surface area contributed by atoms with Gasteiger partial charge in [0, 0.05) is 30.7 Å². The molecule has 0 aliphatic rings. The number of aliphatic carboxylic acids is 1. The van der Waals surface area contributed by atoms with Gasteiger partial charge in [0.05, 0.1) is 31.1 Å². The van der Waals surface area contributed by atoms with Crippen molar-refractivity contribution in [2.24, 2.45) is 0 Å². The predicted molar refractivity (Wildman–Crippen MR) is 88.0 cm³/mol. The number of benzene rings is 1. The van der Waals surface area contributed by atoms with Crippen molar-refractivity contribution in [1.82, 2.24) is 15.3 Å². The molecular formula is C15H16N4O7. The average molecular weight is 364 g/mol. The van der Waals surface area contributed by atoms with Crippen LogP contribution >= 0.6 is 0 Å². The molecular weight excluding hydrogens is 348 g/mol. The lowest BCUT2D eigenvalue weighted by molar-refractivity contribution is -0.384. The normalized spacial score (nSPS) is 10.4. The first-order valence-corrected chi connectivity index (χ1v) is 7.41. The van der Waals surface area contributed by atoms with Crippen LogP contribution in [0.4, 0.5) is 5.69 Å². The number of fused-ring (bicyclic) bond motifs is 1. The molecule has 1 aromatic heterocycles. The van der Waals surface area contributed by atoms with Crippen LogP contribution in [-0.2, 0) is 16.1 Å². The van der Waals surface area contributed by atoms with E-state index in [9.17, 15) is 19.7 Å². The number of carboxylic acids is 1. The standard InChI is InChI=1S/C15H16N4O7/c1-25-14-15(26-2)18-13-8(7-16-11(20)3-4-12(21)22)5-9(19(23)24)6-10(13)17-14/h5-6H,3-4,7H2,1-2H3,(H,16,20)(H,21,22). The lowest BCUT2D eigenvalue weighted by Crippen LogP contribution is -2.23. The molecule has 2 N–H and O–H groups in total. The zero-order chi connectivity index (χ0) is 19.3. The van der Waals surface area contributed by atoms with Crippen LogP contribution in [0.3, 0.4) is 0 Å². The Hall–Kier alpha value is -3.50. The molecule has 0 saturated heterocycles. The van der Waals surface area contributed by atoms with Gasteiger partial charge in [0.25, 0.3) is 17.4 Å². The Morgan fingerprint density at radius 2 is 1.85 bits per heavy atom. The summed E-state index contributed by atoms with van der Waals surface area (Å²) in [5, 5.41) is 22.2. The highest BCUT2D eigenvalue weighted by molar-refractivity contribution is 5.84. The minimum atomic E-state index is -1.09. The van der Waals surface area contributed by atoms with E-state index in [-0.39, 0.29) is 42.4 Å². The molecule has 0 aliphatic heterocycles. The SMILES string of the molecule is COc1nc2cc([N+](=O)[O-])cc(CNC(=O)CCC(=O)O)c2nc1OC. The third-order valence-corrected chi connectivity index (χ3v) is 3.41. The zero-order valence-electron chi connectivity index (χ0n) is 14.0. The second kappa shape index (κ2) is 8.05. The van der Waals surface area contributed by atoms with Crippen molar-refractivity contribution in [1.29, 1.82) is 0 Å². The van der Waals surface area contributed by atoms with Crippen LogP contribution in [-0.4, -0.2) is 46.1 Å². The highest BCUT2D eigenvalue weighted by atomic mass is 16.6. The van der Waals surface area contributed by atoms with Gasteiger partial charge >= 0.3 is 5.97 Å². The van der Waals surface area contributed by atoms with E-state index in [0.717, 1.165) is 0 Å². The number of amides is 1. The number of nitrogens with one attached hydrogen (secondary N) is 1. The predicted octanol–water partition coefficient (Wildman–Crippen LogP) is 1.04. The summed E-state index contributed by atoms with van der Waals surface area (Å²) in [7, 11) is 2.73. The molecule has 2 aromatic rings. The minimum absolute atomic E-state index is 0.0666. The molecule has 1 heterocycles. The number of carbonyl (C=O) groups excluding carboxylic acids is 1. The second-order valence-electron chi connectivity index (χ2n) is 5.14. The number of hydrogen-bond donors (Lipinski definition) is 2. The molecule has 11 heteroatoms. The number of non-ortho nitro benzene ring substituents is 1. The van der Waals surface area contributed by atoms with Gasteiger partial charge < -0.3 is 19.9 Å². The van der Waals surface area contributed by atoms with E-state index in [1.54, 1.807) is 0 Å². The number of nitrogens with zero attached hydrogens (tertiary/aromatic N) is 3. The molecule has 1 amide bonds. The lowest BCUT2D eigenvalue weighted by atomic mass is 10.1. The maximum Gasteiger partial charge on any atom is 0.303 e. The van der Waals surface area contributed by atoms with Gasteiger partial charge in [-0.1, -0.05) is 0 Å². The van der Waals surface area contributed by atoms with Crippen LogP contribution in [0.15, 0.2) is 12.1 Å². The monoisotopic (exact) mass is 364 g/mol. The van der Waals surface area contributed by atoms with Crippen LogP contribution < -0.4 is 14.8 Å². The zero-order valence-corrected chi connectivity index (χ0v) is 14.0. The van der Waals surface area contributed by atoms with Crippen LogP contribution in [0.2, 0.25) is 0 Å². The summed E-state index contributed by atoms with van der Waals surface area (Å²) in [5.41, 5.74) is 0.610. The molecule has 0 unspecified atom stereocenters. The van der Waals surface area contributed by atoms with Gasteiger partial charge in [-0.25, -0.2) is 9.97 Å². The fraction of sp³-hybridized carbons (Fsp3) is 0.333. The smallest absolute Gasteiger partial charge is 0.303 e. The highest BCUT2D eigenvalue weighted by Crippen LogP contribution is 2.29. The maximum atomic E-state index is 11.7. The maximum absolute atomic E-state index is 11.7. The average Bonchev–Trinajstić information content (AvgIpc) is 2.62. The second-order valence-corrected chi connectivity index (χ2v) is 5.14. The number of methoxy groups -OCH3 is 2. The molecule has 26 heavy (non-hydrogen) atoms. The van der Waals surface area contributed by atoms with Gasteiger partial charge in [-0.15, -0.1) is 0 Å². The fourth-order valence-corrected chi connectivity index (χ4v) is 2.19. The van der Waals surface area contributed by atoms with E-state index in [4.69, 9.17) is 14.6 Å². The summed E-state index contributed by atoms with van der Waals surface area (Å²) in [6, 6.07) is 2.50. The summed E-state index contributed by atoms with van der Waals surface area (Å²) >= 11 is 0. The summed E-state index contributed by atoms with van der Waals surface area (Å²) in [6.07, 6.45) is -0.517. The number of carbonyl (C=O) groups is 2. The summed E-state index contributed by atoms with van der Waals surface area (Å²) in [5.74, 6) is -1.44.